The minimum absolute atomic E-state index is 0.445. The minimum Gasteiger partial charge on any atom is -0.481 e. The van der Waals surface area contributed by atoms with Gasteiger partial charge in [-0.1, -0.05) is 49.4 Å². The van der Waals surface area contributed by atoms with E-state index in [4.69, 9.17) is 4.99 Å². The number of carboxylic acid groups (broad SMARTS) is 1. The van der Waals surface area contributed by atoms with Crippen LogP contribution in [0.25, 0.3) is 5.00 Å². The summed E-state index contributed by atoms with van der Waals surface area (Å²) in [5.41, 5.74) is 6.35. The number of benzene rings is 2. The van der Waals surface area contributed by atoms with Crippen molar-refractivity contribution < 1.29 is 9.90 Å². The summed E-state index contributed by atoms with van der Waals surface area (Å²) >= 11 is 1.68. The van der Waals surface area contributed by atoms with E-state index in [1.54, 1.807) is 11.3 Å². The lowest BCUT2D eigenvalue weighted by Gasteiger charge is -2.19. The van der Waals surface area contributed by atoms with Crippen LogP contribution in [0.1, 0.15) is 64.6 Å². The third-order valence-corrected chi connectivity index (χ3v) is 8.49. The lowest BCUT2D eigenvalue weighted by molar-refractivity contribution is -0.142. The van der Waals surface area contributed by atoms with Crippen molar-refractivity contribution in [2.45, 2.75) is 53.0 Å². The molecule has 2 atom stereocenters. The first-order valence-electron chi connectivity index (χ1n) is 13.1. The fourth-order valence-electron chi connectivity index (χ4n) is 5.07. The van der Waals surface area contributed by atoms with Crippen LogP contribution in [0.4, 0.5) is 5.69 Å². The van der Waals surface area contributed by atoms with E-state index in [0.717, 1.165) is 58.3 Å². The van der Waals surface area contributed by atoms with Crippen molar-refractivity contribution in [1.29, 1.82) is 0 Å². The van der Waals surface area contributed by atoms with Crippen molar-refractivity contribution >= 4 is 28.7 Å². The lowest BCUT2D eigenvalue weighted by Crippen LogP contribution is -2.23. The maximum Gasteiger partial charge on any atom is 0.309 e. The first kappa shape index (κ1) is 25.9. The van der Waals surface area contributed by atoms with E-state index in [9.17, 15) is 9.90 Å². The van der Waals surface area contributed by atoms with E-state index >= 15 is 0 Å². The maximum absolute atomic E-state index is 12.3. The number of thiophene rings is 1. The summed E-state index contributed by atoms with van der Waals surface area (Å²) in [5, 5.41) is 23.3. The van der Waals surface area contributed by atoms with Crippen molar-refractivity contribution in [3.05, 3.63) is 93.4 Å². The number of anilines is 1. The topological polar surface area (TPSA) is 92.4 Å². The van der Waals surface area contributed by atoms with Crippen LogP contribution in [0.5, 0.6) is 0 Å². The number of hydrogen-bond donors (Lipinski definition) is 2. The number of nitrogens with one attached hydrogen (secondary N) is 1. The van der Waals surface area contributed by atoms with Crippen molar-refractivity contribution in [2.75, 3.05) is 11.9 Å². The molecule has 0 saturated carbocycles. The van der Waals surface area contributed by atoms with Crippen molar-refractivity contribution in [2.24, 2.45) is 10.9 Å². The summed E-state index contributed by atoms with van der Waals surface area (Å²) in [6.45, 7) is 8.89. The first-order chi connectivity index (χ1) is 18.4. The Labute approximate surface area is 227 Å². The molecule has 196 valence electrons. The van der Waals surface area contributed by atoms with Crippen LogP contribution >= 0.6 is 11.3 Å². The van der Waals surface area contributed by atoms with E-state index in [1.165, 1.54) is 10.4 Å². The SMILES string of the molecule is CC[C@H](C(=O)O)C1N=C(c2ccc(NCCCc3ccccc3)cc2)c2c(sc(C)c2C)-n2c(C)nnc21. The molecule has 0 saturated heterocycles. The quantitative estimate of drug-likeness (QED) is 0.249. The highest BCUT2D eigenvalue weighted by Crippen LogP contribution is 2.41. The number of aliphatic carboxylic acids is 1. The van der Waals surface area contributed by atoms with Crippen LogP contribution in [-0.2, 0) is 11.2 Å². The van der Waals surface area contributed by atoms with E-state index in [0.29, 0.717) is 12.2 Å². The number of nitrogens with zero attached hydrogens (tertiary/aromatic N) is 4. The molecule has 8 heteroatoms. The Morgan fingerprint density at radius 3 is 2.50 bits per heavy atom. The Balaban J connectivity index is 1.47. The Hall–Kier alpha value is -3.78. The van der Waals surface area contributed by atoms with Gasteiger partial charge in [0.25, 0.3) is 0 Å². The molecule has 1 aliphatic rings. The number of aryl methyl sites for hydroxylation is 3. The molecule has 2 aromatic carbocycles. The second-order valence-electron chi connectivity index (χ2n) is 9.77. The normalized spacial score (nSPS) is 15.3. The molecular weight excluding hydrogens is 494 g/mol. The zero-order valence-electron chi connectivity index (χ0n) is 22.2. The molecule has 0 fully saturated rings. The smallest absolute Gasteiger partial charge is 0.309 e. The van der Waals surface area contributed by atoms with Gasteiger partial charge in [0.15, 0.2) is 5.82 Å². The fourth-order valence-corrected chi connectivity index (χ4v) is 6.28. The monoisotopic (exact) mass is 527 g/mol. The lowest BCUT2D eigenvalue weighted by atomic mass is 9.95. The first-order valence-corrected chi connectivity index (χ1v) is 13.9. The van der Waals surface area contributed by atoms with Crippen LogP contribution in [-0.4, -0.2) is 38.1 Å². The van der Waals surface area contributed by atoms with Gasteiger partial charge in [0, 0.05) is 28.2 Å². The highest BCUT2D eigenvalue weighted by atomic mass is 32.1. The Bertz CT molecular complexity index is 1470. The molecule has 0 radical (unpaired) electrons. The Morgan fingerprint density at radius 2 is 1.82 bits per heavy atom. The minimum atomic E-state index is -0.874. The number of carboxylic acids is 1. The summed E-state index contributed by atoms with van der Waals surface area (Å²) in [5.74, 6) is -0.250. The van der Waals surface area contributed by atoms with E-state index in [-0.39, 0.29) is 0 Å². The van der Waals surface area contributed by atoms with Gasteiger partial charge < -0.3 is 10.4 Å². The van der Waals surface area contributed by atoms with Crippen LogP contribution in [0.15, 0.2) is 59.6 Å². The van der Waals surface area contributed by atoms with Gasteiger partial charge in [0.1, 0.15) is 16.9 Å². The van der Waals surface area contributed by atoms with Crippen LogP contribution in [0.3, 0.4) is 0 Å². The summed E-state index contributed by atoms with van der Waals surface area (Å²) in [6, 6.07) is 18.2. The number of aliphatic imine (C=N–C) groups is 1. The molecule has 0 bridgehead atoms. The molecular formula is C30H33N5O2S. The maximum atomic E-state index is 12.3. The van der Waals surface area contributed by atoms with E-state index < -0.39 is 17.9 Å². The molecule has 2 aromatic heterocycles. The zero-order valence-corrected chi connectivity index (χ0v) is 23.0. The predicted octanol–water partition coefficient (Wildman–Crippen LogP) is 6.30. The molecule has 38 heavy (non-hydrogen) atoms. The molecule has 0 amide bonds. The third-order valence-electron chi connectivity index (χ3n) is 7.30. The van der Waals surface area contributed by atoms with E-state index in [1.807, 2.05) is 24.5 Å². The Morgan fingerprint density at radius 1 is 1.08 bits per heavy atom. The van der Waals surface area contributed by atoms with Gasteiger partial charge in [-0.3, -0.25) is 14.4 Å². The van der Waals surface area contributed by atoms with Crippen molar-refractivity contribution in [3.8, 4) is 5.00 Å². The Kier molecular flexibility index (Phi) is 7.42. The molecule has 2 N–H and O–H groups in total. The average Bonchev–Trinajstić information content (AvgIpc) is 3.39. The van der Waals surface area contributed by atoms with Gasteiger partial charge in [-0.05, 0) is 63.3 Å². The average molecular weight is 528 g/mol. The number of fused-ring (bicyclic) bond motifs is 3. The largest absolute Gasteiger partial charge is 0.481 e. The second kappa shape index (κ2) is 10.9. The number of aromatic nitrogens is 3. The van der Waals surface area contributed by atoms with Gasteiger partial charge in [0.2, 0.25) is 0 Å². The predicted molar refractivity (Wildman–Crippen MR) is 153 cm³/mol. The van der Waals surface area contributed by atoms with Crippen LogP contribution in [0.2, 0.25) is 0 Å². The van der Waals surface area contributed by atoms with Gasteiger partial charge in [-0.25, -0.2) is 0 Å². The molecule has 1 aliphatic heterocycles. The molecule has 3 heterocycles. The van der Waals surface area contributed by atoms with Gasteiger partial charge in [-0.15, -0.1) is 21.5 Å². The van der Waals surface area contributed by atoms with E-state index in [2.05, 4.69) is 77.9 Å². The fraction of sp³-hybridized carbons (Fsp3) is 0.333. The molecule has 5 rings (SSSR count). The summed E-state index contributed by atoms with van der Waals surface area (Å²) in [4.78, 5) is 18.6. The van der Waals surface area contributed by atoms with Crippen LogP contribution in [0, 0.1) is 26.7 Å². The summed E-state index contributed by atoms with van der Waals surface area (Å²) in [6.07, 6.45) is 2.53. The highest BCUT2D eigenvalue weighted by Gasteiger charge is 2.37. The number of hydrogen-bond acceptors (Lipinski definition) is 6. The van der Waals surface area contributed by atoms with Crippen molar-refractivity contribution in [3.63, 3.8) is 0 Å². The summed E-state index contributed by atoms with van der Waals surface area (Å²) < 4.78 is 2.01. The molecule has 1 unspecified atom stereocenters. The molecule has 4 aromatic rings. The molecule has 7 nitrogen and oxygen atoms in total. The highest BCUT2D eigenvalue weighted by molar-refractivity contribution is 7.15. The second-order valence-corrected chi connectivity index (χ2v) is 11.0. The van der Waals surface area contributed by atoms with Crippen molar-refractivity contribution in [1.82, 2.24) is 14.8 Å². The molecule has 0 spiro atoms. The number of rotatable bonds is 9. The standard InChI is InChI=1S/C30H33N5O2S/c1-5-24(30(36)37)27-28-34-33-20(4)35(28)29-25(18(2)19(3)38-29)26(32-27)22-13-15-23(16-14-22)31-17-9-12-21-10-7-6-8-11-21/h6-8,10-11,13-16,24,27,31H,5,9,12,17H2,1-4H3,(H,36,37)/t24-,27?/m0/s1. The summed E-state index contributed by atoms with van der Waals surface area (Å²) in [7, 11) is 0. The number of carbonyl (C=O) groups is 1. The zero-order chi connectivity index (χ0) is 26.8. The van der Waals surface area contributed by atoms with Gasteiger partial charge >= 0.3 is 5.97 Å². The van der Waals surface area contributed by atoms with Gasteiger partial charge in [-0.2, -0.15) is 0 Å². The van der Waals surface area contributed by atoms with Crippen LogP contribution < -0.4 is 5.32 Å². The third kappa shape index (κ3) is 4.88. The molecule has 0 aliphatic carbocycles. The van der Waals surface area contributed by atoms with Gasteiger partial charge in [0.05, 0.1) is 11.6 Å².